The molecule has 1 aliphatic rings. The zero-order chi connectivity index (χ0) is 11.7. The highest BCUT2D eigenvalue weighted by Gasteiger charge is 2.29. The first-order valence-corrected chi connectivity index (χ1v) is 5.70. The molecule has 0 aromatic heterocycles. The Morgan fingerprint density at radius 2 is 2.19 bits per heavy atom. The largest absolute Gasteiger partial charge is 0.497 e. The van der Waals surface area contributed by atoms with Crippen LogP contribution < -0.4 is 9.64 Å². The van der Waals surface area contributed by atoms with Crippen molar-refractivity contribution in [2.45, 2.75) is 11.8 Å². The van der Waals surface area contributed by atoms with Gasteiger partial charge in [-0.25, -0.2) is 0 Å². The van der Waals surface area contributed by atoms with Crippen molar-refractivity contribution < 1.29 is 9.53 Å². The Labute approximate surface area is 104 Å². The molecule has 2 rings (SSSR count). The zero-order valence-electron chi connectivity index (χ0n) is 8.74. The van der Waals surface area contributed by atoms with Gasteiger partial charge in [0.25, 0.3) is 0 Å². The fourth-order valence-electron chi connectivity index (χ4n) is 1.74. The molecule has 0 spiro atoms. The summed E-state index contributed by atoms with van der Waals surface area (Å²) in [7, 11) is 1.56. The molecule has 1 aromatic rings. The molecule has 1 heterocycles. The maximum atomic E-state index is 11.7. The minimum Gasteiger partial charge on any atom is -0.497 e. The van der Waals surface area contributed by atoms with E-state index in [1.807, 2.05) is 0 Å². The highest BCUT2D eigenvalue weighted by Crippen LogP contribution is 2.30. The van der Waals surface area contributed by atoms with Crippen LogP contribution >= 0.6 is 23.2 Å². The Balaban J connectivity index is 2.33. The van der Waals surface area contributed by atoms with E-state index < -0.39 is 0 Å². The number of hydrogen-bond acceptors (Lipinski definition) is 2. The normalized spacial score (nSPS) is 20.3. The second-order valence-corrected chi connectivity index (χ2v) is 4.71. The Hall–Kier alpha value is -0.930. The molecule has 5 heteroatoms. The number of methoxy groups -OCH3 is 1. The smallest absolute Gasteiger partial charge is 0.228 e. The van der Waals surface area contributed by atoms with Crippen LogP contribution in [0.3, 0.4) is 0 Å². The fraction of sp³-hybridized carbons (Fsp3) is 0.364. The van der Waals surface area contributed by atoms with Crippen molar-refractivity contribution in [3.8, 4) is 5.75 Å². The van der Waals surface area contributed by atoms with Gasteiger partial charge >= 0.3 is 0 Å². The van der Waals surface area contributed by atoms with Gasteiger partial charge in [0.15, 0.2) is 0 Å². The number of carbonyl (C=O) groups is 1. The molecule has 3 nitrogen and oxygen atoms in total. The van der Waals surface area contributed by atoms with E-state index in [0.29, 0.717) is 23.7 Å². The van der Waals surface area contributed by atoms with Gasteiger partial charge in [0.1, 0.15) is 5.75 Å². The number of nitrogens with zero attached hydrogens (tertiary/aromatic N) is 1. The minimum absolute atomic E-state index is 0.0179. The first-order valence-electron chi connectivity index (χ1n) is 4.89. The number of amides is 1. The summed E-state index contributed by atoms with van der Waals surface area (Å²) in [6.45, 7) is 0.518. The van der Waals surface area contributed by atoms with E-state index >= 15 is 0 Å². The van der Waals surface area contributed by atoms with Gasteiger partial charge in [0.2, 0.25) is 5.91 Å². The molecular formula is C11H11Cl2NO2. The highest BCUT2D eigenvalue weighted by atomic mass is 35.5. The maximum absolute atomic E-state index is 11.7. The molecular weight excluding hydrogens is 249 g/mol. The van der Waals surface area contributed by atoms with Crippen molar-refractivity contribution in [2.24, 2.45) is 0 Å². The first kappa shape index (κ1) is 11.6. The van der Waals surface area contributed by atoms with Crippen molar-refractivity contribution in [1.29, 1.82) is 0 Å². The molecule has 86 valence electrons. The molecule has 1 amide bonds. The molecule has 0 radical (unpaired) electrons. The SMILES string of the molecule is COc1cc(Cl)cc(N2CC(Cl)CC2=O)c1. The van der Waals surface area contributed by atoms with E-state index in [4.69, 9.17) is 27.9 Å². The summed E-state index contributed by atoms with van der Waals surface area (Å²) in [6.07, 6.45) is 0.371. The number of ether oxygens (including phenoxy) is 1. The van der Waals surface area contributed by atoms with Crippen molar-refractivity contribution in [1.82, 2.24) is 0 Å². The second kappa shape index (κ2) is 4.52. The Morgan fingerprint density at radius 1 is 1.44 bits per heavy atom. The highest BCUT2D eigenvalue weighted by molar-refractivity contribution is 6.31. The van der Waals surface area contributed by atoms with Gasteiger partial charge in [-0.2, -0.15) is 0 Å². The van der Waals surface area contributed by atoms with Crippen LogP contribution in [-0.4, -0.2) is 24.9 Å². The number of benzene rings is 1. The molecule has 1 aromatic carbocycles. The standard InChI is InChI=1S/C11H11Cl2NO2/c1-16-10-3-7(12)2-9(5-10)14-6-8(13)4-11(14)15/h2-3,5,8H,4,6H2,1H3. The maximum Gasteiger partial charge on any atom is 0.228 e. The van der Waals surface area contributed by atoms with Gasteiger partial charge < -0.3 is 9.64 Å². The minimum atomic E-state index is -0.127. The average molecular weight is 260 g/mol. The lowest BCUT2D eigenvalue weighted by Crippen LogP contribution is -2.24. The van der Waals surface area contributed by atoms with Gasteiger partial charge in [-0.05, 0) is 12.1 Å². The van der Waals surface area contributed by atoms with E-state index in [0.717, 1.165) is 5.69 Å². The van der Waals surface area contributed by atoms with Crippen LogP contribution in [-0.2, 0) is 4.79 Å². The molecule has 0 aliphatic carbocycles. The lowest BCUT2D eigenvalue weighted by molar-refractivity contribution is -0.117. The van der Waals surface area contributed by atoms with Gasteiger partial charge in [-0.3, -0.25) is 4.79 Å². The lowest BCUT2D eigenvalue weighted by atomic mass is 10.3. The quantitative estimate of drug-likeness (QED) is 0.765. The summed E-state index contributed by atoms with van der Waals surface area (Å²) >= 11 is 11.9. The van der Waals surface area contributed by atoms with Crippen LogP contribution in [0.25, 0.3) is 0 Å². The fourth-order valence-corrected chi connectivity index (χ4v) is 2.22. The molecule has 0 N–H and O–H groups in total. The summed E-state index contributed by atoms with van der Waals surface area (Å²) in [4.78, 5) is 13.3. The summed E-state index contributed by atoms with van der Waals surface area (Å²) in [5, 5.41) is 0.414. The van der Waals surface area contributed by atoms with Crippen LogP contribution in [0.4, 0.5) is 5.69 Å². The third-order valence-electron chi connectivity index (χ3n) is 2.48. The monoisotopic (exact) mass is 259 g/mol. The van der Waals surface area contributed by atoms with Crippen LogP contribution in [0, 0.1) is 0 Å². The average Bonchev–Trinajstić information content (AvgIpc) is 2.57. The number of hydrogen-bond donors (Lipinski definition) is 0. The molecule has 1 atom stereocenters. The number of alkyl halides is 1. The van der Waals surface area contributed by atoms with Crippen molar-refractivity contribution in [3.63, 3.8) is 0 Å². The van der Waals surface area contributed by atoms with Crippen LogP contribution in [0.1, 0.15) is 6.42 Å². The summed E-state index contributed by atoms with van der Waals surface area (Å²) in [5.74, 6) is 0.651. The van der Waals surface area contributed by atoms with Crippen LogP contribution in [0.5, 0.6) is 5.75 Å². The molecule has 0 saturated carbocycles. The molecule has 1 saturated heterocycles. The second-order valence-electron chi connectivity index (χ2n) is 3.66. The number of halogens is 2. The third kappa shape index (κ3) is 2.25. The lowest BCUT2D eigenvalue weighted by Gasteiger charge is -2.17. The predicted octanol–water partition coefficient (Wildman–Crippen LogP) is 2.69. The molecule has 16 heavy (non-hydrogen) atoms. The number of rotatable bonds is 2. The van der Waals surface area contributed by atoms with Gasteiger partial charge in [0, 0.05) is 29.7 Å². The van der Waals surface area contributed by atoms with Crippen LogP contribution in [0.2, 0.25) is 5.02 Å². The number of carbonyl (C=O) groups excluding carboxylic acids is 1. The van der Waals surface area contributed by atoms with Gasteiger partial charge in [0.05, 0.1) is 12.5 Å². The van der Waals surface area contributed by atoms with E-state index in [2.05, 4.69) is 0 Å². The van der Waals surface area contributed by atoms with Gasteiger partial charge in [-0.15, -0.1) is 11.6 Å². The van der Waals surface area contributed by atoms with E-state index in [1.54, 1.807) is 30.2 Å². The Kier molecular flexibility index (Phi) is 3.26. The summed E-state index contributed by atoms with van der Waals surface area (Å²) in [5.41, 5.74) is 0.734. The van der Waals surface area contributed by atoms with E-state index in [1.165, 1.54) is 0 Å². The van der Waals surface area contributed by atoms with E-state index in [9.17, 15) is 4.79 Å². The molecule has 1 aliphatic heterocycles. The Bertz CT molecular complexity index is 422. The molecule has 0 bridgehead atoms. The third-order valence-corrected chi connectivity index (χ3v) is 2.99. The van der Waals surface area contributed by atoms with E-state index in [-0.39, 0.29) is 11.3 Å². The first-order chi connectivity index (χ1) is 7.60. The summed E-state index contributed by atoms with van der Waals surface area (Å²) < 4.78 is 5.10. The van der Waals surface area contributed by atoms with Crippen molar-refractivity contribution >= 4 is 34.8 Å². The van der Waals surface area contributed by atoms with Gasteiger partial charge in [-0.1, -0.05) is 11.6 Å². The van der Waals surface area contributed by atoms with Crippen LogP contribution in [0.15, 0.2) is 18.2 Å². The summed E-state index contributed by atoms with van der Waals surface area (Å²) in [6, 6.07) is 5.21. The van der Waals surface area contributed by atoms with Crippen molar-refractivity contribution in [3.05, 3.63) is 23.2 Å². The number of anilines is 1. The van der Waals surface area contributed by atoms with Crippen molar-refractivity contribution in [2.75, 3.05) is 18.6 Å². The predicted molar refractivity (Wildman–Crippen MR) is 64.6 cm³/mol. The molecule has 1 unspecified atom stereocenters. The Morgan fingerprint density at radius 3 is 2.75 bits per heavy atom. The molecule has 1 fully saturated rings. The topological polar surface area (TPSA) is 29.5 Å². The zero-order valence-corrected chi connectivity index (χ0v) is 10.3.